The predicted octanol–water partition coefficient (Wildman–Crippen LogP) is 1.33. The molecule has 0 aliphatic heterocycles. The van der Waals surface area contributed by atoms with Gasteiger partial charge >= 0.3 is 0 Å². The lowest BCUT2D eigenvalue weighted by molar-refractivity contribution is 0.112. The van der Waals surface area contributed by atoms with Crippen LogP contribution in [0.15, 0.2) is 18.5 Å². The van der Waals surface area contributed by atoms with E-state index < -0.39 is 0 Å². The van der Waals surface area contributed by atoms with Crippen molar-refractivity contribution in [3.05, 3.63) is 29.2 Å². The second kappa shape index (κ2) is 3.55. The molecular formula is C8H5ClN4O. The Morgan fingerprint density at radius 3 is 2.93 bits per heavy atom. The minimum absolute atomic E-state index is 0.139. The van der Waals surface area contributed by atoms with Crippen molar-refractivity contribution < 1.29 is 4.79 Å². The van der Waals surface area contributed by atoms with Crippen molar-refractivity contribution >= 4 is 17.9 Å². The summed E-state index contributed by atoms with van der Waals surface area (Å²) in [6.45, 7) is 0. The van der Waals surface area contributed by atoms with Gasteiger partial charge in [-0.25, -0.2) is 9.97 Å². The smallest absolute Gasteiger partial charge is 0.178 e. The van der Waals surface area contributed by atoms with Crippen molar-refractivity contribution in [3.8, 4) is 11.5 Å². The Bertz CT molecular complexity index is 454. The highest BCUT2D eigenvalue weighted by Crippen LogP contribution is 2.15. The molecule has 1 N–H and O–H groups in total. The molecule has 0 spiro atoms. The molecule has 0 unspecified atom stereocenters. The number of carbonyl (C=O) groups is 1. The normalized spacial score (nSPS) is 10.1. The third-order valence-electron chi connectivity index (χ3n) is 1.64. The van der Waals surface area contributed by atoms with E-state index in [0.717, 1.165) is 0 Å². The quantitative estimate of drug-likeness (QED) is 0.597. The first-order valence-electron chi connectivity index (χ1n) is 3.78. The minimum Gasteiger partial charge on any atom is -0.298 e. The van der Waals surface area contributed by atoms with E-state index in [1.165, 1.54) is 6.20 Å². The molecule has 0 amide bonds. The van der Waals surface area contributed by atoms with Gasteiger partial charge in [0, 0.05) is 12.4 Å². The fourth-order valence-corrected chi connectivity index (χ4v) is 1.13. The lowest BCUT2D eigenvalue weighted by atomic mass is 10.3. The summed E-state index contributed by atoms with van der Waals surface area (Å²) in [7, 11) is 0. The number of rotatable bonds is 2. The molecule has 0 radical (unpaired) electrons. The Balaban J connectivity index is 2.48. The van der Waals surface area contributed by atoms with E-state index in [0.29, 0.717) is 17.8 Å². The van der Waals surface area contributed by atoms with Gasteiger partial charge in [-0.3, -0.25) is 9.89 Å². The van der Waals surface area contributed by atoms with E-state index in [1.54, 1.807) is 12.3 Å². The molecule has 2 heterocycles. The van der Waals surface area contributed by atoms with Crippen molar-refractivity contribution in [3.63, 3.8) is 0 Å². The Morgan fingerprint density at radius 2 is 2.36 bits per heavy atom. The number of aldehydes is 1. The van der Waals surface area contributed by atoms with E-state index >= 15 is 0 Å². The molecule has 2 aromatic heterocycles. The molecule has 0 fully saturated rings. The van der Waals surface area contributed by atoms with Gasteiger partial charge < -0.3 is 0 Å². The predicted molar refractivity (Wildman–Crippen MR) is 50.0 cm³/mol. The van der Waals surface area contributed by atoms with Crippen molar-refractivity contribution in [2.45, 2.75) is 0 Å². The van der Waals surface area contributed by atoms with Crippen LogP contribution in [0.2, 0.25) is 5.15 Å². The lowest BCUT2D eigenvalue weighted by Crippen LogP contribution is -1.93. The zero-order valence-corrected chi connectivity index (χ0v) is 7.69. The number of H-pyrrole nitrogens is 1. The zero-order valence-electron chi connectivity index (χ0n) is 6.94. The molecular weight excluding hydrogens is 204 g/mol. The number of hydrogen-bond donors (Lipinski definition) is 1. The molecule has 14 heavy (non-hydrogen) atoms. The Morgan fingerprint density at radius 1 is 1.50 bits per heavy atom. The van der Waals surface area contributed by atoms with Crippen LogP contribution in [0.4, 0.5) is 0 Å². The van der Waals surface area contributed by atoms with Crippen LogP contribution >= 0.6 is 11.6 Å². The van der Waals surface area contributed by atoms with E-state index in [9.17, 15) is 4.79 Å². The third kappa shape index (κ3) is 1.49. The number of nitrogens with zero attached hydrogens (tertiary/aromatic N) is 3. The van der Waals surface area contributed by atoms with Gasteiger partial charge in [0.15, 0.2) is 12.1 Å². The molecule has 0 atom stereocenters. The van der Waals surface area contributed by atoms with Gasteiger partial charge in [-0.15, -0.1) is 0 Å². The molecule has 0 aromatic carbocycles. The van der Waals surface area contributed by atoms with Crippen LogP contribution in [0.25, 0.3) is 11.5 Å². The fraction of sp³-hybridized carbons (Fsp3) is 0. The zero-order chi connectivity index (χ0) is 9.97. The summed E-state index contributed by atoms with van der Waals surface area (Å²) in [6, 6.07) is 1.71. The first-order chi connectivity index (χ1) is 6.81. The number of hydrogen-bond acceptors (Lipinski definition) is 4. The topological polar surface area (TPSA) is 71.5 Å². The summed E-state index contributed by atoms with van der Waals surface area (Å²) in [5, 5.41) is 6.59. The van der Waals surface area contributed by atoms with Crippen molar-refractivity contribution in [1.82, 2.24) is 20.2 Å². The second-order valence-corrected chi connectivity index (χ2v) is 2.89. The minimum atomic E-state index is 0.139. The Hall–Kier alpha value is -1.75. The van der Waals surface area contributed by atoms with Crippen molar-refractivity contribution in [2.75, 3.05) is 0 Å². The molecule has 0 aliphatic carbocycles. The SMILES string of the molecule is O=Cc1cnc(-c2ccn[nH]2)nc1Cl. The monoisotopic (exact) mass is 208 g/mol. The summed E-state index contributed by atoms with van der Waals surface area (Å²) in [5.74, 6) is 0.415. The van der Waals surface area contributed by atoms with Crippen molar-refractivity contribution in [2.24, 2.45) is 0 Å². The summed E-state index contributed by atoms with van der Waals surface area (Å²) in [4.78, 5) is 18.3. The number of aromatic amines is 1. The maximum absolute atomic E-state index is 10.4. The van der Waals surface area contributed by atoms with Gasteiger partial charge in [0.25, 0.3) is 0 Å². The molecule has 2 rings (SSSR count). The highest BCUT2D eigenvalue weighted by Gasteiger charge is 2.06. The number of halogens is 1. The fourth-order valence-electron chi connectivity index (χ4n) is 0.960. The first-order valence-corrected chi connectivity index (χ1v) is 4.16. The van der Waals surface area contributed by atoms with E-state index in [1.807, 2.05) is 0 Å². The van der Waals surface area contributed by atoms with Gasteiger partial charge in [0.1, 0.15) is 10.8 Å². The largest absolute Gasteiger partial charge is 0.298 e. The average Bonchev–Trinajstić information content (AvgIpc) is 2.70. The molecule has 0 bridgehead atoms. The summed E-state index contributed by atoms with van der Waals surface area (Å²) in [6.07, 6.45) is 3.57. The average molecular weight is 209 g/mol. The van der Waals surface area contributed by atoms with Crippen LogP contribution in [0.1, 0.15) is 10.4 Å². The molecule has 0 saturated carbocycles. The van der Waals surface area contributed by atoms with Crippen LogP contribution in [0.5, 0.6) is 0 Å². The van der Waals surface area contributed by atoms with Crippen LogP contribution in [-0.2, 0) is 0 Å². The molecule has 5 nitrogen and oxygen atoms in total. The maximum atomic E-state index is 10.4. The van der Waals surface area contributed by atoms with Gasteiger partial charge in [0.05, 0.1) is 5.56 Å². The summed E-state index contributed by atoms with van der Waals surface area (Å²) < 4.78 is 0. The molecule has 2 aromatic rings. The van der Waals surface area contributed by atoms with E-state index in [4.69, 9.17) is 11.6 Å². The van der Waals surface area contributed by atoms with E-state index in [2.05, 4.69) is 20.2 Å². The first kappa shape index (κ1) is 8.83. The highest BCUT2D eigenvalue weighted by atomic mass is 35.5. The maximum Gasteiger partial charge on any atom is 0.178 e. The van der Waals surface area contributed by atoms with Crippen LogP contribution in [0, 0.1) is 0 Å². The summed E-state index contributed by atoms with van der Waals surface area (Å²) >= 11 is 5.73. The lowest BCUT2D eigenvalue weighted by Gasteiger charge is -1.97. The molecule has 6 heteroatoms. The van der Waals surface area contributed by atoms with Gasteiger partial charge in [-0.1, -0.05) is 11.6 Å². The van der Waals surface area contributed by atoms with Gasteiger partial charge in [-0.2, -0.15) is 5.10 Å². The second-order valence-electron chi connectivity index (χ2n) is 2.53. The number of carbonyl (C=O) groups excluding carboxylic acids is 1. The highest BCUT2D eigenvalue weighted by molar-refractivity contribution is 6.31. The van der Waals surface area contributed by atoms with Crippen LogP contribution in [-0.4, -0.2) is 26.5 Å². The third-order valence-corrected chi connectivity index (χ3v) is 1.94. The Labute approximate surface area is 84.2 Å². The van der Waals surface area contributed by atoms with Crippen LogP contribution in [0.3, 0.4) is 0 Å². The standard InChI is InChI=1S/C8H5ClN4O/c9-7-5(4-14)3-10-8(12-7)6-1-2-11-13-6/h1-4H,(H,11,13). The number of aromatic nitrogens is 4. The Kier molecular flexibility index (Phi) is 2.24. The van der Waals surface area contributed by atoms with Crippen LogP contribution < -0.4 is 0 Å². The van der Waals surface area contributed by atoms with E-state index in [-0.39, 0.29) is 10.7 Å². The summed E-state index contributed by atoms with van der Waals surface area (Å²) in [5.41, 5.74) is 0.930. The molecule has 0 saturated heterocycles. The number of nitrogens with one attached hydrogen (secondary N) is 1. The van der Waals surface area contributed by atoms with Gasteiger partial charge in [0.2, 0.25) is 0 Å². The van der Waals surface area contributed by atoms with Crippen molar-refractivity contribution in [1.29, 1.82) is 0 Å². The molecule has 70 valence electrons. The van der Waals surface area contributed by atoms with Gasteiger partial charge in [-0.05, 0) is 6.07 Å². The molecule has 0 aliphatic rings.